The van der Waals surface area contributed by atoms with Crippen LogP contribution in [-0.4, -0.2) is 0 Å². The van der Waals surface area contributed by atoms with Crippen molar-refractivity contribution in [2.75, 3.05) is 0 Å². The molecule has 18 heavy (non-hydrogen) atoms. The summed E-state index contributed by atoms with van der Waals surface area (Å²) in [6.45, 7) is 0.447. The van der Waals surface area contributed by atoms with Gasteiger partial charge in [-0.05, 0) is 29.3 Å². The molecule has 0 bridgehead atoms. The van der Waals surface area contributed by atoms with E-state index in [1.165, 1.54) is 0 Å². The molecule has 1 nitrogen and oxygen atoms in total. The molecule has 0 aliphatic rings. The number of nitrogens with two attached hydrogens (primary N) is 1. The Labute approximate surface area is 125 Å². The molecule has 94 valence electrons. The van der Waals surface area contributed by atoms with Crippen LogP contribution in [0.4, 0.5) is 0 Å². The zero-order valence-electron chi connectivity index (χ0n) is 9.18. The van der Waals surface area contributed by atoms with E-state index in [-0.39, 0.29) is 0 Å². The monoisotopic (exact) mass is 319 g/mol. The van der Waals surface area contributed by atoms with Crippen molar-refractivity contribution >= 4 is 46.4 Å². The first kappa shape index (κ1) is 14.0. The third-order valence-electron chi connectivity index (χ3n) is 2.56. The van der Waals surface area contributed by atoms with Gasteiger partial charge in [0.15, 0.2) is 0 Å². The smallest absolute Gasteiger partial charge is 0.0778 e. The molecule has 0 aliphatic carbocycles. The van der Waals surface area contributed by atoms with E-state index in [2.05, 4.69) is 0 Å². The maximum atomic E-state index is 6.21. The fraction of sp³-hybridized carbons (Fsp3) is 0.0769. The highest BCUT2D eigenvalue weighted by Gasteiger charge is 2.10. The van der Waals surface area contributed by atoms with Crippen LogP contribution >= 0.6 is 46.4 Å². The number of halogens is 4. The van der Waals surface area contributed by atoms with Crippen LogP contribution in [0.5, 0.6) is 0 Å². The van der Waals surface area contributed by atoms with E-state index in [9.17, 15) is 0 Å². The lowest BCUT2D eigenvalue weighted by Gasteiger charge is -2.09. The molecular weight excluding hydrogens is 312 g/mol. The topological polar surface area (TPSA) is 26.0 Å². The van der Waals surface area contributed by atoms with Gasteiger partial charge in [0.1, 0.15) is 0 Å². The van der Waals surface area contributed by atoms with Crippen LogP contribution in [0.3, 0.4) is 0 Å². The predicted molar refractivity (Wildman–Crippen MR) is 79.8 cm³/mol. The Morgan fingerprint density at radius 2 is 1.44 bits per heavy atom. The Hall–Kier alpha value is -0.440. The summed E-state index contributed by atoms with van der Waals surface area (Å²) in [7, 11) is 0. The minimum atomic E-state index is 0.344. The second kappa shape index (κ2) is 5.68. The molecule has 0 heterocycles. The second-order valence-corrected chi connectivity index (χ2v) is 5.37. The molecule has 2 aromatic carbocycles. The van der Waals surface area contributed by atoms with Crippen molar-refractivity contribution < 1.29 is 0 Å². The molecule has 0 unspecified atom stereocenters. The highest BCUT2D eigenvalue weighted by molar-refractivity contribution is 6.48. The summed E-state index contributed by atoms with van der Waals surface area (Å²) in [5.41, 5.74) is 8.19. The van der Waals surface area contributed by atoms with Gasteiger partial charge < -0.3 is 5.73 Å². The van der Waals surface area contributed by atoms with Crippen molar-refractivity contribution in [3.63, 3.8) is 0 Å². The van der Waals surface area contributed by atoms with Gasteiger partial charge in [0.2, 0.25) is 0 Å². The van der Waals surface area contributed by atoms with Gasteiger partial charge >= 0.3 is 0 Å². The molecule has 5 heteroatoms. The maximum absolute atomic E-state index is 6.21. The number of hydrogen-bond acceptors (Lipinski definition) is 1. The molecule has 0 radical (unpaired) electrons. The van der Waals surface area contributed by atoms with Gasteiger partial charge in [-0.1, -0.05) is 58.5 Å². The SMILES string of the molecule is NCc1ccc(-c2cc(Cl)c(Cl)c(Cl)c2)c(Cl)c1. The standard InChI is InChI=1S/C13H9Cl4N/c14-10-3-7(6-18)1-2-9(10)8-4-11(15)13(17)12(16)5-8/h1-5H,6,18H2. The molecule has 0 atom stereocenters. The maximum Gasteiger partial charge on any atom is 0.0778 e. The van der Waals surface area contributed by atoms with E-state index < -0.39 is 0 Å². The zero-order chi connectivity index (χ0) is 13.3. The van der Waals surface area contributed by atoms with Gasteiger partial charge in [-0.25, -0.2) is 0 Å². The van der Waals surface area contributed by atoms with Crippen molar-refractivity contribution in [3.05, 3.63) is 56.0 Å². The molecule has 0 aromatic heterocycles. The quantitative estimate of drug-likeness (QED) is 0.734. The molecule has 2 N–H and O–H groups in total. The summed E-state index contributed by atoms with van der Waals surface area (Å²) < 4.78 is 0. The van der Waals surface area contributed by atoms with E-state index in [4.69, 9.17) is 52.1 Å². The Morgan fingerprint density at radius 3 is 1.94 bits per heavy atom. The highest BCUT2D eigenvalue weighted by atomic mass is 35.5. The van der Waals surface area contributed by atoms with Gasteiger partial charge in [-0.2, -0.15) is 0 Å². The molecule has 2 rings (SSSR count). The van der Waals surface area contributed by atoms with Crippen molar-refractivity contribution in [2.24, 2.45) is 5.73 Å². The summed E-state index contributed by atoms with van der Waals surface area (Å²) in [4.78, 5) is 0. The first-order valence-corrected chi connectivity index (χ1v) is 6.67. The van der Waals surface area contributed by atoms with Crippen LogP contribution in [0.2, 0.25) is 20.1 Å². The Bertz CT molecular complexity index is 573. The van der Waals surface area contributed by atoms with E-state index in [0.717, 1.165) is 16.7 Å². The number of rotatable bonds is 2. The lowest BCUT2D eigenvalue weighted by Crippen LogP contribution is -1.96. The summed E-state index contributed by atoms with van der Waals surface area (Å²) >= 11 is 24.1. The largest absolute Gasteiger partial charge is 0.326 e. The molecule has 0 saturated heterocycles. The Kier molecular flexibility index (Phi) is 4.41. The van der Waals surface area contributed by atoms with E-state index in [0.29, 0.717) is 26.6 Å². The molecule has 0 aliphatic heterocycles. The normalized spacial score (nSPS) is 10.7. The highest BCUT2D eigenvalue weighted by Crippen LogP contribution is 2.37. The van der Waals surface area contributed by atoms with Crippen LogP contribution in [0.15, 0.2) is 30.3 Å². The fourth-order valence-corrected chi connectivity index (χ4v) is 2.54. The average Bonchev–Trinajstić information content (AvgIpc) is 2.35. The first-order valence-electron chi connectivity index (χ1n) is 5.16. The van der Waals surface area contributed by atoms with Gasteiger partial charge in [-0.3, -0.25) is 0 Å². The van der Waals surface area contributed by atoms with Crippen molar-refractivity contribution in [1.82, 2.24) is 0 Å². The third kappa shape index (κ3) is 2.76. The number of hydrogen-bond donors (Lipinski definition) is 1. The van der Waals surface area contributed by atoms with Gasteiger partial charge in [0.25, 0.3) is 0 Å². The lowest BCUT2D eigenvalue weighted by molar-refractivity contribution is 1.07. The van der Waals surface area contributed by atoms with Crippen LogP contribution in [0.1, 0.15) is 5.56 Å². The Balaban J connectivity index is 2.55. The molecule has 0 fully saturated rings. The summed E-state index contributed by atoms with van der Waals surface area (Å²) in [6, 6.07) is 9.10. The summed E-state index contributed by atoms with van der Waals surface area (Å²) in [6.07, 6.45) is 0. The van der Waals surface area contributed by atoms with Crippen molar-refractivity contribution in [2.45, 2.75) is 6.54 Å². The fourth-order valence-electron chi connectivity index (χ4n) is 1.63. The lowest BCUT2D eigenvalue weighted by atomic mass is 10.0. The summed E-state index contributed by atoms with van der Waals surface area (Å²) in [5, 5.41) is 1.75. The predicted octanol–water partition coefficient (Wildman–Crippen LogP) is 5.43. The van der Waals surface area contributed by atoms with Gasteiger partial charge in [0, 0.05) is 17.1 Å². The summed E-state index contributed by atoms with van der Waals surface area (Å²) in [5.74, 6) is 0. The average molecular weight is 321 g/mol. The molecular formula is C13H9Cl4N. The third-order valence-corrected chi connectivity index (χ3v) is 4.07. The second-order valence-electron chi connectivity index (χ2n) is 3.77. The van der Waals surface area contributed by atoms with E-state index in [1.807, 2.05) is 18.2 Å². The van der Waals surface area contributed by atoms with Crippen molar-refractivity contribution in [1.29, 1.82) is 0 Å². The van der Waals surface area contributed by atoms with Crippen molar-refractivity contribution in [3.8, 4) is 11.1 Å². The van der Waals surface area contributed by atoms with E-state index in [1.54, 1.807) is 12.1 Å². The van der Waals surface area contributed by atoms with Crippen LogP contribution in [0, 0.1) is 0 Å². The van der Waals surface area contributed by atoms with Crippen LogP contribution in [-0.2, 0) is 6.54 Å². The van der Waals surface area contributed by atoms with Crippen LogP contribution < -0.4 is 5.73 Å². The molecule has 0 amide bonds. The molecule has 2 aromatic rings. The van der Waals surface area contributed by atoms with Gasteiger partial charge in [0.05, 0.1) is 15.1 Å². The minimum absolute atomic E-state index is 0.344. The van der Waals surface area contributed by atoms with Crippen LogP contribution in [0.25, 0.3) is 11.1 Å². The number of benzene rings is 2. The Morgan fingerprint density at radius 1 is 0.833 bits per heavy atom. The minimum Gasteiger partial charge on any atom is -0.326 e. The molecule has 0 spiro atoms. The zero-order valence-corrected chi connectivity index (χ0v) is 12.2. The van der Waals surface area contributed by atoms with E-state index >= 15 is 0 Å². The molecule has 0 saturated carbocycles. The first-order chi connectivity index (χ1) is 8.52. The van der Waals surface area contributed by atoms with Gasteiger partial charge in [-0.15, -0.1) is 0 Å².